The minimum atomic E-state index is 0.0785. The molecule has 1 atom stereocenters. The number of aromatic nitrogens is 1. The molecule has 1 N–H and O–H groups in total. The molecule has 5 nitrogen and oxygen atoms in total. The first-order valence-electron chi connectivity index (χ1n) is 8.86. The second kappa shape index (κ2) is 8.37. The van der Waals surface area contributed by atoms with Gasteiger partial charge in [-0.1, -0.05) is 6.08 Å². The van der Waals surface area contributed by atoms with Gasteiger partial charge in [-0.2, -0.15) is 0 Å². The normalized spacial score (nSPS) is 23.0. The average molecular weight is 463 g/mol. The van der Waals surface area contributed by atoms with Crippen LogP contribution in [0.25, 0.3) is 0 Å². The van der Waals surface area contributed by atoms with E-state index in [1.54, 1.807) is 12.4 Å². The van der Waals surface area contributed by atoms with Crippen molar-refractivity contribution in [3.05, 3.63) is 75.0 Å². The lowest BCUT2D eigenvalue weighted by atomic mass is 9.90. The molecule has 1 aromatic heterocycles. The third-order valence-electron chi connectivity index (χ3n) is 4.76. The average Bonchev–Trinajstić information content (AvgIpc) is 2.69. The van der Waals surface area contributed by atoms with Gasteiger partial charge in [0.25, 0.3) is 0 Å². The Labute approximate surface area is 167 Å². The summed E-state index contributed by atoms with van der Waals surface area (Å²) in [5, 5.41) is 3.47. The van der Waals surface area contributed by atoms with E-state index in [4.69, 9.17) is 9.47 Å². The molecule has 4 rings (SSSR count). The van der Waals surface area contributed by atoms with Crippen LogP contribution in [-0.4, -0.2) is 48.8 Å². The first-order chi connectivity index (χ1) is 12.8. The summed E-state index contributed by atoms with van der Waals surface area (Å²) in [6.07, 6.45) is 12.1. The van der Waals surface area contributed by atoms with Crippen molar-refractivity contribution in [2.24, 2.45) is 0 Å². The highest BCUT2D eigenvalue weighted by molar-refractivity contribution is 14.1. The van der Waals surface area contributed by atoms with Crippen LogP contribution in [0, 0.1) is 0 Å². The Morgan fingerprint density at radius 3 is 2.88 bits per heavy atom. The van der Waals surface area contributed by atoms with Crippen molar-refractivity contribution in [2.45, 2.75) is 12.6 Å². The zero-order valence-corrected chi connectivity index (χ0v) is 16.7. The Hall–Kier alpha value is -1.64. The molecule has 136 valence electrons. The van der Waals surface area contributed by atoms with E-state index in [-0.39, 0.29) is 6.04 Å². The molecule has 1 unspecified atom stereocenters. The highest BCUT2D eigenvalue weighted by Gasteiger charge is 2.30. The third kappa shape index (κ3) is 4.02. The Morgan fingerprint density at radius 1 is 1.27 bits per heavy atom. The molecule has 1 fully saturated rings. The molecule has 0 amide bonds. The van der Waals surface area contributed by atoms with Gasteiger partial charge in [-0.05, 0) is 69.8 Å². The fourth-order valence-corrected chi connectivity index (χ4v) is 4.22. The lowest BCUT2D eigenvalue weighted by Crippen LogP contribution is -2.41. The zero-order valence-electron chi connectivity index (χ0n) is 14.5. The molecule has 0 saturated carbocycles. The smallest absolute Gasteiger partial charge is 0.137 e. The summed E-state index contributed by atoms with van der Waals surface area (Å²) in [7, 11) is 0. The summed E-state index contributed by atoms with van der Waals surface area (Å²) in [5.41, 5.74) is 3.77. The number of halogens is 1. The van der Waals surface area contributed by atoms with E-state index < -0.39 is 0 Å². The first-order valence-corrected chi connectivity index (χ1v) is 9.94. The van der Waals surface area contributed by atoms with Gasteiger partial charge >= 0.3 is 0 Å². The lowest BCUT2D eigenvalue weighted by molar-refractivity contribution is 0.0423. The number of rotatable bonds is 5. The Morgan fingerprint density at radius 2 is 2.08 bits per heavy atom. The molecule has 26 heavy (non-hydrogen) atoms. The fourth-order valence-electron chi connectivity index (χ4n) is 3.37. The molecule has 0 radical (unpaired) electrons. The van der Waals surface area contributed by atoms with Crippen molar-refractivity contribution in [3.8, 4) is 0 Å². The molecule has 0 bridgehead atoms. The van der Waals surface area contributed by atoms with E-state index in [2.05, 4.69) is 56.0 Å². The molecular weight excluding hydrogens is 441 g/mol. The molecule has 0 aromatic carbocycles. The topological polar surface area (TPSA) is 46.6 Å². The number of morpholine rings is 1. The van der Waals surface area contributed by atoms with Crippen LogP contribution < -0.4 is 5.32 Å². The molecule has 3 heterocycles. The molecule has 1 aromatic rings. The SMILES string of the molecule is IC1=C(OCc2ccncc2)C2NC=CC=C2C(CN2CCOCC2)=C1. The van der Waals surface area contributed by atoms with E-state index in [1.165, 1.54) is 11.1 Å². The molecule has 1 saturated heterocycles. The minimum Gasteiger partial charge on any atom is -0.490 e. The number of nitrogens with zero attached hydrogens (tertiary/aromatic N) is 2. The summed E-state index contributed by atoms with van der Waals surface area (Å²) in [6.45, 7) is 5.12. The van der Waals surface area contributed by atoms with Crippen LogP contribution in [-0.2, 0) is 16.1 Å². The van der Waals surface area contributed by atoms with Crippen molar-refractivity contribution in [1.82, 2.24) is 15.2 Å². The predicted octanol–water partition coefficient (Wildman–Crippen LogP) is 2.93. The molecule has 0 spiro atoms. The number of dihydropyridines is 1. The number of hydrogen-bond acceptors (Lipinski definition) is 5. The van der Waals surface area contributed by atoms with Crippen molar-refractivity contribution >= 4 is 22.6 Å². The van der Waals surface area contributed by atoms with Crippen molar-refractivity contribution in [1.29, 1.82) is 0 Å². The Balaban J connectivity index is 1.54. The van der Waals surface area contributed by atoms with Crippen molar-refractivity contribution in [3.63, 3.8) is 0 Å². The van der Waals surface area contributed by atoms with E-state index >= 15 is 0 Å². The quantitative estimate of drug-likeness (QED) is 0.681. The van der Waals surface area contributed by atoms with Gasteiger partial charge in [0.1, 0.15) is 18.4 Å². The van der Waals surface area contributed by atoms with E-state index in [0.717, 1.165) is 47.8 Å². The van der Waals surface area contributed by atoms with Gasteiger partial charge in [-0.3, -0.25) is 9.88 Å². The highest BCUT2D eigenvalue weighted by atomic mass is 127. The number of ether oxygens (including phenoxy) is 2. The van der Waals surface area contributed by atoms with Crippen molar-refractivity contribution < 1.29 is 9.47 Å². The maximum Gasteiger partial charge on any atom is 0.137 e. The number of nitrogens with one attached hydrogen (secondary N) is 1. The minimum absolute atomic E-state index is 0.0785. The maximum atomic E-state index is 6.22. The second-order valence-electron chi connectivity index (χ2n) is 6.50. The zero-order chi connectivity index (χ0) is 17.8. The third-order valence-corrected chi connectivity index (χ3v) is 5.60. The summed E-state index contributed by atoms with van der Waals surface area (Å²) < 4.78 is 12.8. The van der Waals surface area contributed by atoms with Gasteiger partial charge in [-0.15, -0.1) is 0 Å². The molecule has 1 aliphatic carbocycles. The fraction of sp³-hybridized carbons (Fsp3) is 0.350. The number of allylic oxidation sites excluding steroid dienone is 4. The number of fused-ring (bicyclic) bond motifs is 1. The molecule has 6 heteroatoms. The monoisotopic (exact) mass is 463 g/mol. The van der Waals surface area contributed by atoms with E-state index in [0.29, 0.717) is 6.61 Å². The van der Waals surface area contributed by atoms with Gasteiger partial charge in [0.2, 0.25) is 0 Å². The van der Waals surface area contributed by atoms with Gasteiger partial charge in [0.05, 0.1) is 16.8 Å². The van der Waals surface area contributed by atoms with Crippen LogP contribution in [0.4, 0.5) is 0 Å². The van der Waals surface area contributed by atoms with E-state index in [9.17, 15) is 0 Å². The number of pyridine rings is 1. The van der Waals surface area contributed by atoms with Crippen LogP contribution in [0.3, 0.4) is 0 Å². The summed E-state index contributed by atoms with van der Waals surface area (Å²) >= 11 is 2.39. The van der Waals surface area contributed by atoms with Crippen LogP contribution >= 0.6 is 22.6 Å². The summed E-state index contributed by atoms with van der Waals surface area (Å²) in [5.74, 6) is 0.990. The van der Waals surface area contributed by atoms with Crippen LogP contribution in [0.5, 0.6) is 0 Å². The summed E-state index contributed by atoms with van der Waals surface area (Å²) in [4.78, 5) is 6.52. The predicted molar refractivity (Wildman–Crippen MR) is 110 cm³/mol. The van der Waals surface area contributed by atoms with Crippen LogP contribution in [0.2, 0.25) is 0 Å². The Kier molecular flexibility index (Phi) is 5.72. The Bertz CT molecular complexity index is 765. The second-order valence-corrected chi connectivity index (χ2v) is 7.66. The number of hydrogen-bond donors (Lipinski definition) is 1. The standard InChI is InChI=1S/C20H22IN3O2/c21-18-12-16(13-24-8-10-25-11-9-24)17-2-1-5-23-19(17)20(18)26-14-15-3-6-22-7-4-15/h1-7,12,19,23H,8-11,13-14H2. The lowest BCUT2D eigenvalue weighted by Gasteiger charge is -2.34. The van der Waals surface area contributed by atoms with Crippen molar-refractivity contribution in [2.75, 3.05) is 32.8 Å². The molecular formula is C20H22IN3O2. The van der Waals surface area contributed by atoms with Gasteiger partial charge in [-0.25, -0.2) is 0 Å². The van der Waals surface area contributed by atoms with Gasteiger partial charge in [0, 0.05) is 32.0 Å². The van der Waals surface area contributed by atoms with Crippen LogP contribution in [0.15, 0.2) is 69.4 Å². The summed E-state index contributed by atoms with van der Waals surface area (Å²) in [6, 6.07) is 4.05. The van der Waals surface area contributed by atoms with E-state index in [1.807, 2.05) is 18.3 Å². The molecule has 2 aliphatic heterocycles. The van der Waals surface area contributed by atoms with Crippen LogP contribution in [0.1, 0.15) is 5.56 Å². The maximum absolute atomic E-state index is 6.22. The van der Waals surface area contributed by atoms with Gasteiger partial charge in [0.15, 0.2) is 0 Å². The highest BCUT2D eigenvalue weighted by Crippen LogP contribution is 2.35. The molecule has 3 aliphatic rings. The first kappa shape index (κ1) is 17.8. The largest absolute Gasteiger partial charge is 0.490 e. The van der Waals surface area contributed by atoms with Gasteiger partial charge < -0.3 is 14.8 Å².